The predicted molar refractivity (Wildman–Crippen MR) is 551 cm³/mol. The van der Waals surface area contributed by atoms with Crippen molar-refractivity contribution in [3.63, 3.8) is 0 Å². The second-order valence-corrected chi connectivity index (χ2v) is 60.9. The number of hydrogen-bond donors (Lipinski definition) is 6. The van der Waals surface area contributed by atoms with Gasteiger partial charge in [-0.15, -0.1) is 0 Å². The van der Waals surface area contributed by atoms with Crippen molar-refractivity contribution >= 4 is 219 Å². The third-order valence-electron chi connectivity index (χ3n) is 18.2. The summed E-state index contributed by atoms with van der Waals surface area (Å²) in [6.07, 6.45) is 0. The Morgan fingerprint density at radius 3 is 0.893 bits per heavy atom. The number of hydrogen-bond acceptors (Lipinski definition) is 6. The molecule has 6 N–H and O–H groups in total. The third-order valence-corrected chi connectivity index (χ3v) is 26.7. The van der Waals surface area contributed by atoms with E-state index in [2.05, 4.69) is 68.4 Å². The first-order valence-electron chi connectivity index (χ1n) is 39.2. The van der Waals surface area contributed by atoms with Crippen LogP contribution in [0.4, 0.5) is 26.3 Å². The van der Waals surface area contributed by atoms with E-state index in [1.54, 1.807) is 54.6 Å². The van der Waals surface area contributed by atoms with Crippen LogP contribution < -0.4 is 63.7 Å². The molecule has 36 heteroatoms. The van der Waals surface area contributed by atoms with Gasteiger partial charge in [0.1, 0.15) is 69.4 Å². The molecule has 702 valence electrons. The predicted octanol–water partition coefficient (Wildman–Crippen LogP) is 28.5. The number of benzene rings is 12. The number of halogens is 18. The van der Waals surface area contributed by atoms with Crippen LogP contribution in [0.15, 0.2) is 206 Å². The zero-order chi connectivity index (χ0) is 100.0. The van der Waals surface area contributed by atoms with Gasteiger partial charge in [-0.2, -0.15) is 0 Å². The van der Waals surface area contributed by atoms with E-state index in [4.69, 9.17) is 104 Å². The number of aromatic hydroxyl groups is 6. The van der Waals surface area contributed by atoms with Crippen LogP contribution >= 0.6 is 155 Å². The average molecular weight is 2570 g/mol. The molecule has 0 saturated carbocycles. The second-order valence-electron chi connectivity index (χ2n) is 31.8. The van der Waals surface area contributed by atoms with Crippen LogP contribution in [0.25, 0.3) is 0 Å². The fraction of sp³-hybridized carbons (Fsp3) is 0.242. The Kier molecular flexibility index (Phi) is 67.5. The van der Waals surface area contributed by atoms with Gasteiger partial charge in [-0.1, -0.05) is 253 Å². The van der Waals surface area contributed by atoms with E-state index in [1.165, 1.54) is 42.0 Å². The van der Waals surface area contributed by atoms with Gasteiger partial charge in [-0.3, -0.25) is 0 Å². The molecule has 0 spiro atoms. The van der Waals surface area contributed by atoms with Gasteiger partial charge in [0.25, 0.3) is 0 Å². The first-order valence-corrected chi connectivity index (χ1v) is 81.2. The molecule has 12 aromatic rings. The Bertz CT molecular complexity index is 5420. The maximum atomic E-state index is 14.3. The van der Waals surface area contributed by atoms with Crippen LogP contribution in [-0.2, 0) is 138 Å². The van der Waals surface area contributed by atoms with E-state index in [0.717, 1.165) is 104 Å². The van der Waals surface area contributed by atoms with Crippen molar-refractivity contribution in [2.45, 2.75) is 155 Å². The summed E-state index contributed by atoms with van der Waals surface area (Å²) in [6, 6.07) is 61.0. The molecule has 0 bridgehead atoms. The average Bonchev–Trinajstić information content (AvgIpc) is 0.867. The van der Waals surface area contributed by atoms with Gasteiger partial charge < -0.3 is 30.6 Å². The molecule has 0 aliphatic rings. The van der Waals surface area contributed by atoms with Crippen LogP contribution in [0, 0.1) is 111 Å². The molecule has 0 aliphatic carbocycles. The van der Waals surface area contributed by atoms with Crippen LogP contribution in [0.1, 0.15) is 140 Å². The molecule has 6 atom stereocenters. The van der Waals surface area contributed by atoms with Crippen LogP contribution in [0.3, 0.4) is 0 Å². The number of rotatable bonds is 12. The van der Waals surface area contributed by atoms with Crippen LogP contribution in [0.5, 0.6) is 34.5 Å². The molecule has 0 radical (unpaired) electrons. The monoisotopic (exact) mass is 2560 g/mol. The van der Waals surface area contributed by atoms with Crippen molar-refractivity contribution < 1.29 is 178 Å². The summed E-state index contributed by atoms with van der Waals surface area (Å²) in [5.74, 6) is 0.361. The molecule has 6 unspecified atom stereocenters. The second kappa shape index (κ2) is 68.4. The van der Waals surface area contributed by atoms with E-state index in [1.807, 2.05) is 185 Å². The Balaban J connectivity index is 0.000000759. The Labute approximate surface area is 892 Å². The van der Waals surface area contributed by atoms with Crippen molar-refractivity contribution in [3.8, 4) is 34.5 Å². The van der Waals surface area contributed by atoms with Crippen molar-refractivity contribution in [1.82, 2.24) is 0 Å². The number of aryl methyl sites for hydroxylation is 11. The number of para-hydroxylation sites is 2. The van der Waals surface area contributed by atoms with E-state index in [-0.39, 0.29) is 131 Å². The minimum atomic E-state index is -0.826. The molecule has 0 saturated heterocycles. The third kappa shape index (κ3) is 49.4. The van der Waals surface area contributed by atoms with Crippen molar-refractivity contribution in [3.05, 3.63) is 319 Å². The van der Waals surface area contributed by atoms with E-state index in [0.29, 0.717) is 37.6 Å². The quantitative estimate of drug-likeness (QED) is 0.0412. The maximum absolute atomic E-state index is 14.3. The van der Waals surface area contributed by atoms with E-state index >= 15 is 0 Å². The topological polar surface area (TPSA) is 121 Å². The fourth-order valence-corrected chi connectivity index (χ4v) is 18.6. The van der Waals surface area contributed by atoms with E-state index in [9.17, 15) is 57.0 Å². The molecular formula is C95H106Cl12F6O6P6TiZr5. The van der Waals surface area contributed by atoms with Crippen LogP contribution in [0.2, 0.25) is 0 Å². The fourth-order valence-electron chi connectivity index (χ4n) is 11.5. The van der Waals surface area contributed by atoms with Crippen molar-refractivity contribution in [2.75, 3.05) is 0 Å². The van der Waals surface area contributed by atoms with Crippen molar-refractivity contribution in [2.24, 2.45) is 0 Å². The Morgan fingerprint density at radius 2 is 0.527 bits per heavy atom. The zero-order valence-electron chi connectivity index (χ0n) is 75.6. The van der Waals surface area contributed by atoms with E-state index < -0.39 is 121 Å². The molecule has 12 aromatic carbocycles. The van der Waals surface area contributed by atoms with Crippen molar-refractivity contribution in [1.29, 1.82) is 0 Å². The molecule has 0 amide bonds. The summed E-state index contributed by atoms with van der Waals surface area (Å²) < 4.78 is 83.1. The molecule has 131 heavy (non-hydrogen) atoms. The normalized spacial score (nSPS) is 10.8. The van der Waals surface area contributed by atoms with Gasteiger partial charge >= 0.3 is 225 Å². The molecule has 6 nitrogen and oxygen atoms in total. The molecule has 0 aliphatic heterocycles. The number of phenols is 6. The summed E-state index contributed by atoms with van der Waals surface area (Å²) >= 11 is -4.68. The minimum absolute atomic E-state index is 0.00195. The SMILES string of the molecule is Cc1cc(C(C)(C)C)cc(Pc2c(C)cccc2F)c1O.Cc1ccc(Pc2cc(C)cc(C)c2O)c(F)c1.Cc1ccc(Pc2cc(C)ccc2O)c(F)c1.Cc1ccc(Pc2cccc(C)c2O)c(F)c1.Cc1ccc(Pc2ccccc2O)c(F)c1.Cc1cccc(F)c1Pc1cc(C(C)(C)C)cc(C(C)(C)C)c1O.[Cl][Ti][Cl].[Cl][Zr][Cl].[Cl][Zr][Cl].[Cl][Zr][Cl].[Cl][Zr][Cl].[Cl][Zr][Cl]. The summed E-state index contributed by atoms with van der Waals surface area (Å²) in [7, 11) is 59.9. The van der Waals surface area contributed by atoms with Crippen LogP contribution in [-0.4, -0.2) is 30.6 Å². The Morgan fingerprint density at radius 1 is 0.244 bits per heavy atom. The first-order chi connectivity index (χ1) is 61.4. The van der Waals surface area contributed by atoms with Gasteiger partial charge in [0.2, 0.25) is 0 Å². The molecule has 12 rings (SSSR count). The summed E-state index contributed by atoms with van der Waals surface area (Å²) in [6.45, 7) is 40.0. The van der Waals surface area contributed by atoms with Gasteiger partial charge in [-0.25, -0.2) is 26.3 Å². The van der Waals surface area contributed by atoms with Gasteiger partial charge in [-0.05, 0) is 232 Å². The molecule has 0 fully saturated rings. The van der Waals surface area contributed by atoms with Gasteiger partial charge in [0, 0.05) is 69.2 Å². The number of phenolic OH excluding ortho intramolecular Hbond substituents is 6. The molecule has 0 aromatic heterocycles. The zero-order valence-corrected chi connectivity index (χ0v) is 105. The summed E-state index contributed by atoms with van der Waals surface area (Å²) in [5, 5.41) is 69.1. The van der Waals surface area contributed by atoms with Gasteiger partial charge in [0.05, 0.1) is 0 Å². The van der Waals surface area contributed by atoms with Gasteiger partial charge in [0.15, 0.2) is 0 Å². The standard InChI is InChI=1S/C21H28FOP.C18H22FOP.C15H16FOP.2C14H14FOP.C13H12FOP.12ClH.Ti.5Zr/c1-13-9-8-10-16(22)19(13)24-17-12-14(20(2,3)4)11-15(18(17)23)21(5,6)7;1-11-7-6-8-14(19)17(11)21-15-10-13(18(3,4)5)9-12(2)16(15)20;1-9-4-5-13(12(16)7-9)18-14-8-10(2)6-11(3)15(14)17;1-9-4-6-13(11(15)7-9)17-14-8-10(2)3-5-12(14)16;1-9-6-7-12(11(15)8-9)17-13-5-3-4-10(2)14(13)16;1-9-6-7-12(10(14)8-9)16-13-5-3-2-4-11(13)15;;;;;;;;;;;;;;;;;;/h8-12,23-24H,1-7H3;6-10,20-21H,1-5H3;4-8,17-18H,1-3H3;2*3-8,16-17H,1-2H3;2-8,15-16H,1H3;12*1H;;;;;;/q;;;;;;;;;;;;;;;;;;6*+2/p-12. The first kappa shape index (κ1) is 129. The molecular weight excluding hydrogens is 2470 g/mol. The summed E-state index contributed by atoms with van der Waals surface area (Å²) in [4.78, 5) is 0. The molecule has 0 heterocycles. The Hall–Kier alpha value is 0.210. The summed E-state index contributed by atoms with van der Waals surface area (Å²) in [5.41, 5.74) is 13.2.